The van der Waals surface area contributed by atoms with Gasteiger partial charge in [0.05, 0.1) is 0 Å². The Kier molecular flexibility index (Phi) is 8.71. The third kappa shape index (κ3) is 6.64. The van der Waals surface area contributed by atoms with Crippen molar-refractivity contribution in [3.8, 4) is 0 Å². The fourth-order valence-corrected chi connectivity index (χ4v) is 6.97. The molecule has 2 aliphatic heterocycles. The number of nitrogens with zero attached hydrogens (tertiary/aromatic N) is 3. The van der Waals surface area contributed by atoms with Gasteiger partial charge in [-0.2, -0.15) is 18.3 Å². The Labute approximate surface area is 230 Å². The zero-order valence-electron chi connectivity index (χ0n) is 22.2. The second-order valence-electron chi connectivity index (χ2n) is 12.3. The van der Waals surface area contributed by atoms with Crippen LogP contribution in [-0.2, 0) is 16.3 Å². The van der Waals surface area contributed by atoms with E-state index in [1.165, 1.54) is 0 Å². The van der Waals surface area contributed by atoms with Crippen LogP contribution in [0.5, 0.6) is 0 Å². The number of carbonyl (C=O) groups excluding carboxylic acids is 2. The van der Waals surface area contributed by atoms with E-state index >= 15 is 0 Å². The number of hydrogen-bond donors (Lipinski definition) is 2. The van der Waals surface area contributed by atoms with Gasteiger partial charge in [-0.25, -0.2) is 4.68 Å². The predicted octanol–water partition coefficient (Wildman–Crippen LogP) is 4.69. The molecule has 1 saturated carbocycles. The highest BCUT2D eigenvalue weighted by Gasteiger charge is 2.55. The van der Waals surface area contributed by atoms with Crippen LogP contribution in [-0.4, -0.2) is 76.2 Å². The Balaban J connectivity index is 1.30. The van der Waals surface area contributed by atoms with E-state index in [4.69, 9.17) is 4.74 Å². The quantitative estimate of drug-likeness (QED) is 0.324. The lowest BCUT2D eigenvalue weighted by Crippen LogP contribution is -2.53. The lowest BCUT2D eigenvalue weighted by molar-refractivity contribution is -0.270. The van der Waals surface area contributed by atoms with Gasteiger partial charge in [0.25, 0.3) is 5.91 Å². The summed E-state index contributed by atoms with van der Waals surface area (Å²) < 4.78 is 47.3. The minimum absolute atomic E-state index is 0.0735. The monoisotopic (exact) mass is 622 g/mol. The molecule has 38 heavy (non-hydrogen) atoms. The molecule has 214 valence electrons. The first-order valence-corrected chi connectivity index (χ1v) is 17.9. The fourth-order valence-electron chi connectivity index (χ4n) is 5.82. The van der Waals surface area contributed by atoms with E-state index in [1.807, 2.05) is 4.90 Å². The minimum atomic E-state index is -4.66. The molecule has 0 radical (unpaired) electrons. The summed E-state index contributed by atoms with van der Waals surface area (Å²) in [5, 5.41) is 17.2. The van der Waals surface area contributed by atoms with Crippen LogP contribution in [0.2, 0.25) is 25.7 Å². The molecule has 2 N–H and O–H groups in total. The summed E-state index contributed by atoms with van der Waals surface area (Å²) in [5.41, 5.74) is -2.33. The number of amides is 2. The Morgan fingerprint density at radius 3 is 2.34 bits per heavy atom. The molecular formula is C25H38BrF3N4O4Si. The molecular weight excluding hydrogens is 585 g/mol. The van der Waals surface area contributed by atoms with Crippen LogP contribution >= 0.6 is 15.9 Å². The van der Waals surface area contributed by atoms with Gasteiger partial charge in [0.2, 0.25) is 5.91 Å². The van der Waals surface area contributed by atoms with Crippen LogP contribution in [0.25, 0.3) is 0 Å². The number of aromatic nitrogens is 2. The summed E-state index contributed by atoms with van der Waals surface area (Å²) >= 11 is 3.47. The maximum atomic E-state index is 13.4. The largest absolute Gasteiger partial charge is 0.417 e. The van der Waals surface area contributed by atoms with Crippen molar-refractivity contribution >= 4 is 35.8 Å². The summed E-state index contributed by atoms with van der Waals surface area (Å²) in [4.78, 5) is 28.3. The molecule has 4 rings (SSSR count). The van der Waals surface area contributed by atoms with Crippen molar-refractivity contribution in [2.45, 2.75) is 114 Å². The fraction of sp³-hybridized carbons (Fsp3) is 0.800. The van der Waals surface area contributed by atoms with E-state index in [0.29, 0.717) is 29.7 Å². The number of carbonyl (C=O) groups is 2. The molecule has 0 spiro atoms. The van der Waals surface area contributed by atoms with Gasteiger partial charge < -0.3 is 20.1 Å². The summed E-state index contributed by atoms with van der Waals surface area (Å²) in [6, 6.07) is 2.22. The zero-order valence-corrected chi connectivity index (χ0v) is 24.8. The summed E-state index contributed by atoms with van der Waals surface area (Å²) in [6.45, 7) is 7.76. The highest BCUT2D eigenvalue weighted by atomic mass is 79.9. The Morgan fingerprint density at radius 2 is 1.79 bits per heavy atom. The Bertz CT molecular complexity index is 1010. The van der Waals surface area contributed by atoms with Crippen molar-refractivity contribution in [2.75, 3.05) is 6.61 Å². The van der Waals surface area contributed by atoms with Gasteiger partial charge in [-0.1, -0.05) is 19.6 Å². The number of aliphatic hydroxyl groups is 1. The highest BCUT2D eigenvalue weighted by Crippen LogP contribution is 2.42. The lowest BCUT2D eigenvalue weighted by atomic mass is 9.81. The van der Waals surface area contributed by atoms with Crippen molar-refractivity contribution in [1.29, 1.82) is 0 Å². The van der Waals surface area contributed by atoms with E-state index in [0.717, 1.165) is 18.9 Å². The Hall–Kier alpha value is -1.44. The lowest BCUT2D eigenvalue weighted by Gasteiger charge is -2.40. The van der Waals surface area contributed by atoms with Crippen molar-refractivity contribution in [2.24, 2.45) is 5.92 Å². The molecule has 13 heteroatoms. The predicted molar refractivity (Wildman–Crippen MR) is 141 cm³/mol. The second-order valence-corrected chi connectivity index (χ2v) is 18.7. The van der Waals surface area contributed by atoms with Gasteiger partial charge >= 0.3 is 6.18 Å². The first kappa shape index (κ1) is 29.5. The van der Waals surface area contributed by atoms with Crippen molar-refractivity contribution in [3.05, 3.63) is 16.4 Å². The summed E-state index contributed by atoms with van der Waals surface area (Å²) in [7, 11) is -1.20. The van der Waals surface area contributed by atoms with Gasteiger partial charge in [0.1, 0.15) is 11.3 Å². The summed E-state index contributed by atoms with van der Waals surface area (Å²) in [5.74, 6) is -0.611. The van der Waals surface area contributed by atoms with E-state index in [9.17, 15) is 27.9 Å². The first-order valence-electron chi connectivity index (χ1n) is 13.4. The number of piperidine rings is 1. The van der Waals surface area contributed by atoms with Gasteiger partial charge in [-0.3, -0.25) is 9.59 Å². The minimum Gasteiger partial charge on any atom is -0.380 e. The van der Waals surface area contributed by atoms with Gasteiger partial charge in [0.15, 0.2) is 11.3 Å². The number of nitrogens with one attached hydrogen (secondary N) is 1. The molecule has 8 nitrogen and oxygen atoms in total. The Morgan fingerprint density at radius 1 is 1.18 bits per heavy atom. The number of alkyl halides is 3. The second kappa shape index (κ2) is 11.2. The normalized spacial score (nSPS) is 29.9. The molecule has 3 atom stereocenters. The molecule has 1 aromatic heterocycles. The van der Waals surface area contributed by atoms with Crippen LogP contribution in [0.15, 0.2) is 10.7 Å². The van der Waals surface area contributed by atoms with Crippen LogP contribution in [0.1, 0.15) is 61.9 Å². The van der Waals surface area contributed by atoms with Gasteiger partial charge in [-0.15, -0.1) is 0 Å². The molecule has 1 aliphatic carbocycles. The average molecular weight is 624 g/mol. The average Bonchev–Trinajstić information content (AvgIpc) is 3.32. The number of hydrogen-bond acceptors (Lipinski definition) is 5. The van der Waals surface area contributed by atoms with Crippen LogP contribution < -0.4 is 5.32 Å². The summed E-state index contributed by atoms with van der Waals surface area (Å²) in [6.07, 6.45) is -2.64. The number of rotatable bonds is 8. The highest BCUT2D eigenvalue weighted by molar-refractivity contribution is 9.10. The topological polar surface area (TPSA) is 96.7 Å². The van der Waals surface area contributed by atoms with Crippen LogP contribution in [0, 0.1) is 5.92 Å². The van der Waals surface area contributed by atoms with Crippen molar-refractivity contribution in [1.82, 2.24) is 20.0 Å². The van der Waals surface area contributed by atoms with Crippen LogP contribution in [0.3, 0.4) is 0 Å². The molecule has 2 bridgehead atoms. The number of halogens is 4. The maximum Gasteiger partial charge on any atom is 0.417 e. The molecule has 2 amide bonds. The molecule has 2 saturated heterocycles. The van der Waals surface area contributed by atoms with E-state index in [2.05, 4.69) is 46.0 Å². The SMILES string of the molecule is C[Si](C)(C)CCOCn1nc(C(=O)N2[C@@H]3CC[C@H]2CC(C(=O)NC2CCC(O)(C(F)(F)F)CC2)C3)cc1Br. The van der Waals surface area contributed by atoms with E-state index in [-0.39, 0.29) is 55.4 Å². The van der Waals surface area contributed by atoms with Crippen LogP contribution in [0.4, 0.5) is 13.2 Å². The van der Waals surface area contributed by atoms with Crippen molar-refractivity contribution < 1.29 is 32.6 Å². The molecule has 0 aromatic carbocycles. The first-order chi connectivity index (χ1) is 17.7. The number of ether oxygens (including phenoxy) is 1. The zero-order chi connectivity index (χ0) is 27.9. The standard InChI is InChI=1S/C25H38BrF3N4O4Si/c1-38(2,3)11-10-37-15-32-21(26)14-20(31-32)23(35)33-18-4-5-19(33)13-16(12-18)22(34)30-17-6-8-24(36,9-7-17)25(27,28)29/h14,16-19,36H,4-13,15H2,1-3H3,(H,30,34)/t16?,17?,18-,19+,24?. The molecule has 3 heterocycles. The molecule has 3 fully saturated rings. The van der Waals surface area contributed by atoms with Gasteiger partial charge in [-0.05, 0) is 73.3 Å². The van der Waals surface area contributed by atoms with Gasteiger partial charge in [0, 0.05) is 44.8 Å². The van der Waals surface area contributed by atoms with E-state index in [1.54, 1.807) is 10.7 Å². The molecule has 1 aromatic rings. The molecule has 1 unspecified atom stereocenters. The smallest absolute Gasteiger partial charge is 0.380 e. The third-order valence-electron chi connectivity index (χ3n) is 8.19. The molecule has 3 aliphatic rings. The van der Waals surface area contributed by atoms with Crippen molar-refractivity contribution in [3.63, 3.8) is 0 Å². The third-order valence-corrected chi connectivity index (χ3v) is 10.5. The maximum absolute atomic E-state index is 13.4. The van der Waals surface area contributed by atoms with E-state index < -0.39 is 32.7 Å². The number of fused-ring (bicyclic) bond motifs is 2.